The summed E-state index contributed by atoms with van der Waals surface area (Å²) in [5, 5.41) is 12.0. The molecule has 3 heteroatoms. The number of hydrogen-bond acceptors (Lipinski definition) is 3. The molecule has 0 aromatic heterocycles. The monoisotopic (exact) mass is 471 g/mol. The summed E-state index contributed by atoms with van der Waals surface area (Å²) in [6, 6.07) is 28.0. The quantitative estimate of drug-likeness (QED) is 0.400. The fourth-order valence-corrected chi connectivity index (χ4v) is 4.98. The largest absolute Gasteiger partial charge is 0.380 e. The van der Waals surface area contributed by atoms with Gasteiger partial charge < -0.3 is 5.11 Å². The zero-order chi connectivity index (χ0) is 25.5. The number of likely N-dealkylation sites (tertiary alicyclic amines) is 1. The van der Waals surface area contributed by atoms with E-state index < -0.39 is 5.60 Å². The lowest BCUT2D eigenvalue weighted by atomic mass is 9.72. The van der Waals surface area contributed by atoms with Gasteiger partial charge in [-0.1, -0.05) is 120 Å². The van der Waals surface area contributed by atoms with Crippen LogP contribution >= 0.6 is 0 Å². The molecule has 1 aliphatic rings. The minimum atomic E-state index is -1.03. The predicted octanol–water partition coefficient (Wildman–Crippen LogP) is 6.84. The minimum Gasteiger partial charge on any atom is -0.380 e. The summed E-state index contributed by atoms with van der Waals surface area (Å²) in [6.07, 6.45) is 1.69. The molecule has 0 aliphatic carbocycles. The zero-order valence-corrected chi connectivity index (χ0v) is 22.0. The average Bonchev–Trinajstić information content (AvgIpc) is 2.90. The topological polar surface area (TPSA) is 40.5 Å². The van der Waals surface area contributed by atoms with Gasteiger partial charge in [-0.15, -0.1) is 0 Å². The Balaban J connectivity index is 0.00000167. The second-order valence-electron chi connectivity index (χ2n) is 10.3. The number of rotatable bonds is 6. The smallest absolute Gasteiger partial charge is 0.176 e. The van der Waals surface area contributed by atoms with E-state index in [2.05, 4.69) is 37.8 Å². The Hall–Kier alpha value is -2.75. The summed E-state index contributed by atoms with van der Waals surface area (Å²) in [5.74, 6) is 0.259. The van der Waals surface area contributed by atoms with E-state index in [-0.39, 0.29) is 17.1 Å². The number of piperidine rings is 1. The molecule has 1 heterocycles. The number of ketones is 1. The van der Waals surface area contributed by atoms with Crippen LogP contribution in [0.15, 0.2) is 84.9 Å². The van der Waals surface area contributed by atoms with Crippen LogP contribution in [0.4, 0.5) is 0 Å². The molecule has 1 saturated heterocycles. The highest BCUT2D eigenvalue weighted by Crippen LogP contribution is 2.41. The van der Waals surface area contributed by atoms with Crippen molar-refractivity contribution in [2.24, 2.45) is 5.92 Å². The Morgan fingerprint density at radius 3 is 1.66 bits per heavy atom. The normalized spacial score (nSPS) is 15.3. The highest BCUT2D eigenvalue weighted by atomic mass is 16.3. The molecule has 1 fully saturated rings. The summed E-state index contributed by atoms with van der Waals surface area (Å²) < 4.78 is 0. The van der Waals surface area contributed by atoms with E-state index in [4.69, 9.17) is 0 Å². The lowest BCUT2D eigenvalue weighted by Gasteiger charge is -2.42. The number of aliphatic hydroxyl groups is 1. The van der Waals surface area contributed by atoms with E-state index in [1.54, 1.807) is 0 Å². The van der Waals surface area contributed by atoms with Crippen molar-refractivity contribution in [3.05, 3.63) is 107 Å². The van der Waals surface area contributed by atoms with Crippen molar-refractivity contribution in [1.29, 1.82) is 0 Å². The first-order valence-corrected chi connectivity index (χ1v) is 13.0. The number of carbonyl (C=O) groups is 1. The number of Topliss-reactive ketones (excluding diaryl/α,β-unsaturated/α-hetero) is 1. The van der Waals surface area contributed by atoms with E-state index in [1.165, 1.54) is 5.56 Å². The van der Waals surface area contributed by atoms with Gasteiger partial charge in [-0.05, 0) is 54.0 Å². The third-order valence-electron chi connectivity index (χ3n) is 7.05. The summed E-state index contributed by atoms with van der Waals surface area (Å²) in [4.78, 5) is 15.1. The van der Waals surface area contributed by atoms with Crippen LogP contribution in [0.5, 0.6) is 0 Å². The van der Waals surface area contributed by atoms with E-state index in [1.807, 2.05) is 86.6 Å². The van der Waals surface area contributed by atoms with Gasteiger partial charge in [0.15, 0.2) is 5.78 Å². The van der Waals surface area contributed by atoms with Crippen molar-refractivity contribution in [3.63, 3.8) is 0 Å². The van der Waals surface area contributed by atoms with Gasteiger partial charge in [-0.3, -0.25) is 9.69 Å². The number of carbonyl (C=O) groups excluding carboxylic acids is 1. The number of hydrogen-bond donors (Lipinski definition) is 1. The SMILES string of the molecule is CC.CC(C)(C)c1ccc(C(=O)CN2CCC(C(O)(c3ccccc3)c3ccccc3)CC2)cc1. The van der Waals surface area contributed by atoms with Gasteiger partial charge >= 0.3 is 0 Å². The van der Waals surface area contributed by atoms with Gasteiger partial charge in [-0.2, -0.15) is 0 Å². The summed E-state index contributed by atoms with van der Waals surface area (Å²) in [5.41, 5.74) is 2.93. The highest BCUT2D eigenvalue weighted by Gasteiger charge is 2.41. The molecule has 3 aromatic rings. The lowest BCUT2D eigenvalue weighted by Crippen LogP contribution is -2.45. The van der Waals surface area contributed by atoms with Crippen LogP contribution in [0, 0.1) is 5.92 Å². The number of nitrogens with zero attached hydrogens (tertiary/aromatic N) is 1. The molecule has 0 amide bonds. The molecule has 0 radical (unpaired) electrons. The molecule has 0 spiro atoms. The summed E-state index contributed by atoms with van der Waals surface area (Å²) >= 11 is 0. The van der Waals surface area contributed by atoms with Crippen molar-refractivity contribution in [3.8, 4) is 0 Å². The molecule has 0 unspecified atom stereocenters. The van der Waals surface area contributed by atoms with Crippen LogP contribution in [0.3, 0.4) is 0 Å². The van der Waals surface area contributed by atoms with E-state index in [0.717, 1.165) is 42.6 Å². The van der Waals surface area contributed by atoms with Crippen LogP contribution in [-0.2, 0) is 11.0 Å². The molecular formula is C32H41NO2. The Kier molecular flexibility index (Phi) is 9.04. The first kappa shape index (κ1) is 26.8. The third-order valence-corrected chi connectivity index (χ3v) is 7.05. The van der Waals surface area contributed by atoms with Gasteiger partial charge in [0.1, 0.15) is 5.60 Å². The first-order chi connectivity index (χ1) is 16.8. The van der Waals surface area contributed by atoms with Crippen LogP contribution in [0.1, 0.15) is 74.5 Å². The van der Waals surface area contributed by atoms with Crippen LogP contribution in [-0.4, -0.2) is 35.4 Å². The molecule has 3 aromatic carbocycles. The Bertz CT molecular complexity index is 1000. The van der Waals surface area contributed by atoms with Gasteiger partial charge in [0.05, 0.1) is 6.54 Å². The fourth-order valence-electron chi connectivity index (χ4n) is 4.98. The van der Waals surface area contributed by atoms with Crippen molar-refractivity contribution in [1.82, 2.24) is 4.90 Å². The molecule has 35 heavy (non-hydrogen) atoms. The fraction of sp³-hybridized carbons (Fsp3) is 0.406. The molecule has 186 valence electrons. The summed E-state index contributed by atoms with van der Waals surface area (Å²) in [6.45, 7) is 12.6. The molecule has 4 rings (SSSR count). The van der Waals surface area contributed by atoms with Crippen molar-refractivity contribution >= 4 is 5.78 Å². The van der Waals surface area contributed by atoms with Crippen LogP contribution < -0.4 is 0 Å². The molecule has 1 aliphatic heterocycles. The van der Waals surface area contributed by atoms with Crippen molar-refractivity contribution < 1.29 is 9.90 Å². The maximum atomic E-state index is 12.9. The first-order valence-electron chi connectivity index (χ1n) is 13.0. The summed E-state index contributed by atoms with van der Waals surface area (Å²) in [7, 11) is 0. The minimum absolute atomic E-state index is 0.0811. The van der Waals surface area contributed by atoms with E-state index in [9.17, 15) is 9.90 Å². The van der Waals surface area contributed by atoms with Crippen molar-refractivity contribution in [2.45, 2.75) is 58.5 Å². The van der Waals surface area contributed by atoms with Gasteiger partial charge in [0.25, 0.3) is 0 Å². The highest BCUT2D eigenvalue weighted by molar-refractivity contribution is 5.97. The molecule has 0 bridgehead atoms. The maximum Gasteiger partial charge on any atom is 0.176 e. The molecule has 1 N–H and O–H groups in total. The molecular weight excluding hydrogens is 430 g/mol. The molecule has 0 saturated carbocycles. The molecule has 3 nitrogen and oxygen atoms in total. The Morgan fingerprint density at radius 1 is 0.771 bits per heavy atom. The maximum absolute atomic E-state index is 12.9. The van der Waals surface area contributed by atoms with Crippen LogP contribution in [0.25, 0.3) is 0 Å². The lowest BCUT2D eigenvalue weighted by molar-refractivity contribution is -0.0133. The van der Waals surface area contributed by atoms with Crippen LogP contribution in [0.2, 0.25) is 0 Å². The zero-order valence-electron chi connectivity index (χ0n) is 22.0. The second kappa shape index (κ2) is 11.8. The number of benzene rings is 3. The Labute approximate surface area is 211 Å². The standard InChI is InChI=1S/C30H35NO2.C2H6/c1-29(2,3)24-16-14-23(15-17-24)28(32)22-31-20-18-27(19-21-31)30(33,25-10-6-4-7-11-25)26-12-8-5-9-13-26;1-2/h4-17,27,33H,18-22H2,1-3H3;1-2H3. The van der Waals surface area contributed by atoms with Gasteiger partial charge in [0, 0.05) is 5.56 Å². The third kappa shape index (κ3) is 6.28. The van der Waals surface area contributed by atoms with Crippen molar-refractivity contribution in [2.75, 3.05) is 19.6 Å². The van der Waals surface area contributed by atoms with Gasteiger partial charge in [0.2, 0.25) is 0 Å². The van der Waals surface area contributed by atoms with Gasteiger partial charge in [-0.25, -0.2) is 0 Å². The molecule has 0 atom stereocenters. The second-order valence-corrected chi connectivity index (χ2v) is 10.3. The van der Waals surface area contributed by atoms with E-state index >= 15 is 0 Å². The average molecular weight is 472 g/mol. The van der Waals surface area contributed by atoms with E-state index in [0.29, 0.717) is 6.54 Å². The predicted molar refractivity (Wildman–Crippen MR) is 146 cm³/mol. The Morgan fingerprint density at radius 2 is 1.23 bits per heavy atom.